The Hall–Kier alpha value is -9.99. The molecule has 4 aliphatic rings. The Kier molecular flexibility index (Phi) is 45.3. The van der Waals surface area contributed by atoms with Gasteiger partial charge in [0.25, 0.3) is 33.4 Å². The summed E-state index contributed by atoms with van der Waals surface area (Å²) in [6.45, 7) is 28.2. The number of rotatable bonds is 23. The van der Waals surface area contributed by atoms with E-state index in [0.717, 1.165) is 39.1 Å². The minimum Gasteiger partial charge on any atom is -0.445 e. The maximum atomic E-state index is 12.1. The molecule has 4 aliphatic heterocycles. The standard InChI is InChI=1S/C15H21N3O5.C13H19N3O5.C11H16N4O5.C11H17N3O3.C11H16N2O5.C11H14N2O5.IO4.Na/c1-4-6-22-15(21)17-8-11(5-2)23-12(9-17)18-7-10(3)13(19)16-14(18)20;1-4-10-6-15(21-9(3)17)7-11(20-10)16-5-8(2)12(18)14-13(16)19;1-3-8(4-12-18)20-9(5-13-19)15-6-7(2)10(16)14-11(15)17;1-3-8-4-12-5-9(17-8)14-6-7(2)10(15)13-11(14)16;1-3-6-7(14)8(15)10(18-6)13-4-5(2)9(16)12-11(13)17;1-3-8(5-14)18-9(6-15)13-4-7(2)10(16)12-11(13)17;2-1(3,4)5;/h4,7,11-12H,1,5-6,8-9H2,2-3H3,(H,16,19,20);5,10-11H,4,6-7H2,1-3H3,(H,14,18,19);4-6,8-9,18-19H,3H2,1-2H3,(H,14,16,17);6,8-9,12H,3-5H2,1-2H3,(H,13,15,16);4,6-8,10,14-15H,3H2,1-2H3,(H,12,16,17);4-6,8-9H,3H2,1-2H3,(H,12,16,17);;/q;;;;;;-1;+1/b;;12-4-,13-5-;;;;;/t;;8-,9-;;6-,7?,8+,10-;8-,9-;;/m..1.11../s1. The average Bonchev–Trinajstić information content (AvgIpc) is 1.75. The van der Waals surface area contributed by atoms with Crippen molar-refractivity contribution in [2.45, 2.75) is 215 Å². The number of aromatic nitrogens is 12. The first-order valence-electron chi connectivity index (χ1n) is 37.7. The number of hydroxylamine groups is 2. The van der Waals surface area contributed by atoms with Crippen molar-refractivity contribution >= 4 is 37.1 Å². The van der Waals surface area contributed by atoms with E-state index >= 15 is 0 Å². The number of hydrogen-bond acceptors (Lipinski definition) is 36. The largest absolute Gasteiger partial charge is 1.00 e. The van der Waals surface area contributed by atoms with Crippen LogP contribution in [-0.2, 0) is 52.4 Å². The van der Waals surface area contributed by atoms with Crippen LogP contribution in [-0.4, -0.2) is 220 Å². The first-order valence-corrected chi connectivity index (χ1v) is 41.3. The van der Waals surface area contributed by atoms with E-state index in [1.54, 1.807) is 47.7 Å². The van der Waals surface area contributed by atoms with Crippen molar-refractivity contribution in [2.75, 3.05) is 45.9 Å². The van der Waals surface area contributed by atoms with Crippen LogP contribution in [0.25, 0.3) is 0 Å². The number of carbonyl (C=O) groups is 4. The number of H-pyrrole nitrogens is 6. The Balaban J connectivity index is 0.000000377. The molecule has 676 valence electrons. The van der Waals surface area contributed by atoms with E-state index < -0.39 is 156 Å². The van der Waals surface area contributed by atoms with Crippen LogP contribution >= 0.6 is 0 Å². The summed E-state index contributed by atoms with van der Waals surface area (Å²) in [6, 6.07) is 0. The van der Waals surface area contributed by atoms with Crippen LogP contribution < -0.4 is 136 Å². The van der Waals surface area contributed by atoms with Gasteiger partial charge in [-0.3, -0.25) is 109 Å². The Bertz CT molecular complexity index is 5290. The zero-order chi connectivity index (χ0) is 91.7. The Morgan fingerprint density at radius 2 is 0.902 bits per heavy atom. The van der Waals surface area contributed by atoms with Crippen molar-refractivity contribution in [3.8, 4) is 0 Å². The number of carbonyl (C=O) groups excluding carboxylic acids is 4. The second kappa shape index (κ2) is 51.9. The molecule has 0 radical (unpaired) electrons. The van der Waals surface area contributed by atoms with Gasteiger partial charge in [-0.1, -0.05) is 64.5 Å². The van der Waals surface area contributed by atoms with Gasteiger partial charge in [0, 0.05) is 90.6 Å². The maximum absolute atomic E-state index is 12.1. The van der Waals surface area contributed by atoms with Crippen LogP contribution in [0.1, 0.15) is 158 Å². The molecule has 0 aliphatic carbocycles. The summed E-state index contributed by atoms with van der Waals surface area (Å²) < 4.78 is 80.2. The van der Waals surface area contributed by atoms with E-state index in [1.807, 2.05) is 27.7 Å². The van der Waals surface area contributed by atoms with Gasteiger partial charge in [-0.15, -0.1) is 5.06 Å². The van der Waals surface area contributed by atoms with Crippen LogP contribution in [0, 0.1) is 41.5 Å². The SMILES string of the molecule is C=CCOC(=O)N1CC(CC)OC(n2cc(C)c(=O)[nH]c2=O)C1.CCC1CN(OC(C)=O)CC(n2cc(C)c(=O)[nH]c2=O)O1.CCC1CNCC(n2cc(C)c(=O)[nH]c2=O)O1.CC[C@H](/C=N\O)O[C@H](/C=N\O)n1cc(C)c(=O)[nH]c1=O.CC[C@H](C=O)O[C@H](C=O)n1cc(C)c(=O)[nH]c1=O.CC[C@H]1O[C@@H](n2cc(C)c(=O)[nH]c2=O)[C@@H](O)C1O.[Na+].[O-][I+3]([O-])([O-])[O-]. The molecule has 51 heteroatoms. The predicted octanol–water partition coefficient (Wildman–Crippen LogP) is -11.8. The molecule has 6 aromatic heterocycles. The third kappa shape index (κ3) is 33.2. The van der Waals surface area contributed by atoms with Crippen LogP contribution in [0.4, 0.5) is 4.79 Å². The Morgan fingerprint density at radius 1 is 0.512 bits per heavy atom. The summed E-state index contributed by atoms with van der Waals surface area (Å²) in [5, 5.41) is 47.2. The monoisotopic (exact) mass is 1870 g/mol. The molecule has 10 heterocycles. The number of nitrogens with one attached hydrogen (secondary N) is 7. The molecule has 49 nitrogen and oxygen atoms in total. The molecule has 4 fully saturated rings. The molecule has 6 aromatic rings. The Morgan fingerprint density at radius 3 is 1.30 bits per heavy atom. The normalized spacial score (nSPS) is 20.9. The zero-order valence-corrected chi connectivity index (χ0v) is 74.1. The zero-order valence-electron chi connectivity index (χ0n) is 69.9. The van der Waals surface area contributed by atoms with Gasteiger partial charge in [0.2, 0.25) is 0 Å². The minimum absolute atomic E-state index is 0. The molecule has 1 amide bonds. The maximum Gasteiger partial charge on any atom is 1.00 e. The van der Waals surface area contributed by atoms with Gasteiger partial charge >= 0.3 is 75.8 Å². The number of hydrogen-bond donors (Lipinski definition) is 11. The topological polar surface area (TPSA) is 688 Å². The van der Waals surface area contributed by atoms with Gasteiger partial charge < -0.3 is 73.6 Å². The number of nitrogens with zero attached hydrogens (tertiary/aromatic N) is 10. The van der Waals surface area contributed by atoms with Crippen molar-refractivity contribution in [3.05, 3.63) is 208 Å². The number of aliphatic hydroxyl groups is 2. The van der Waals surface area contributed by atoms with E-state index in [2.05, 4.69) is 52.1 Å². The number of aryl methyl sites for hydroxylation is 6. The van der Waals surface area contributed by atoms with Gasteiger partial charge in [-0.2, -0.15) is 0 Å². The molecule has 4 saturated heterocycles. The van der Waals surface area contributed by atoms with Crippen molar-refractivity contribution < 1.29 is 141 Å². The van der Waals surface area contributed by atoms with Crippen LogP contribution in [0.15, 0.2) is 118 Å². The molecular formula is C72H103IN17NaO32. The third-order valence-corrected chi connectivity index (χ3v) is 18.0. The fourth-order valence-corrected chi connectivity index (χ4v) is 11.4. The molecule has 10 rings (SSSR count). The summed E-state index contributed by atoms with van der Waals surface area (Å²) in [4.78, 5) is 203. The molecule has 11 N–H and O–H groups in total. The number of morpholine rings is 3. The molecule has 0 aromatic carbocycles. The van der Waals surface area contributed by atoms with Crippen LogP contribution in [0.2, 0.25) is 0 Å². The fraction of sp³-hybridized carbons (Fsp3) is 0.556. The summed E-state index contributed by atoms with van der Waals surface area (Å²) >= 11 is -5.94. The third-order valence-electron chi connectivity index (χ3n) is 18.0. The van der Waals surface area contributed by atoms with Crippen LogP contribution in [0.3, 0.4) is 0 Å². The smallest absolute Gasteiger partial charge is 0.445 e. The fourth-order valence-electron chi connectivity index (χ4n) is 11.4. The molecule has 7 unspecified atom stereocenters. The van der Waals surface area contributed by atoms with E-state index in [4.69, 9.17) is 62.2 Å². The summed E-state index contributed by atoms with van der Waals surface area (Å²) in [7, 11) is 0. The molecule has 123 heavy (non-hydrogen) atoms. The first-order chi connectivity index (χ1) is 57.5. The molecule has 0 spiro atoms. The van der Waals surface area contributed by atoms with E-state index in [-0.39, 0.29) is 84.9 Å². The van der Waals surface area contributed by atoms with Crippen molar-refractivity contribution in [1.82, 2.24) is 72.6 Å². The summed E-state index contributed by atoms with van der Waals surface area (Å²) in [6.07, 6.45) is 6.68. The molecule has 14 atom stereocenters. The average molecular weight is 1870 g/mol. The van der Waals surface area contributed by atoms with Gasteiger partial charge in [0.1, 0.15) is 51.3 Å². The van der Waals surface area contributed by atoms with Gasteiger partial charge in [0.05, 0.1) is 69.1 Å². The number of aldehydes is 2. The second-order valence-corrected chi connectivity index (χ2v) is 29.3. The number of amides is 1. The number of ether oxygens (including phenoxy) is 7. The predicted molar refractivity (Wildman–Crippen MR) is 416 cm³/mol. The van der Waals surface area contributed by atoms with E-state index in [1.165, 1.54) is 81.5 Å². The number of aliphatic hydroxyl groups excluding tert-OH is 2. The summed E-state index contributed by atoms with van der Waals surface area (Å²) in [5.41, 5.74) is -4.17. The number of oxime groups is 2. The van der Waals surface area contributed by atoms with Crippen molar-refractivity contribution in [1.29, 1.82) is 0 Å². The van der Waals surface area contributed by atoms with Crippen molar-refractivity contribution in [2.24, 2.45) is 10.3 Å². The van der Waals surface area contributed by atoms with Gasteiger partial charge in [-0.05, 0) is 80.1 Å². The van der Waals surface area contributed by atoms with Gasteiger partial charge in [0.15, 0.2) is 43.7 Å². The molecule has 0 saturated carbocycles. The number of aromatic amines is 6. The second-order valence-electron chi connectivity index (χ2n) is 27.2. The Labute approximate surface area is 725 Å². The van der Waals surface area contributed by atoms with Gasteiger partial charge in [-0.25, -0.2) is 33.6 Å². The van der Waals surface area contributed by atoms with E-state index in [9.17, 15) is 86.9 Å². The van der Waals surface area contributed by atoms with Crippen LogP contribution in [0.5, 0.6) is 0 Å². The van der Waals surface area contributed by atoms with Crippen molar-refractivity contribution in [3.63, 3.8) is 0 Å². The van der Waals surface area contributed by atoms with E-state index in [0.29, 0.717) is 92.1 Å². The number of halogens is 1. The first kappa shape index (κ1) is 107. The molecular weight excluding hydrogens is 1760 g/mol. The quantitative estimate of drug-likeness (QED) is 0.00540. The molecule has 0 bridgehead atoms. The minimum atomic E-state index is -5.94. The summed E-state index contributed by atoms with van der Waals surface area (Å²) in [5.74, 6) is -0.421.